The fraction of sp³-hybridized carbons (Fsp3) is 0.588. The van der Waals surface area contributed by atoms with Crippen LogP contribution >= 0.6 is 22.7 Å². The smallest absolute Gasteiger partial charge is 0.267 e. The van der Waals surface area contributed by atoms with Crippen molar-refractivity contribution in [2.24, 2.45) is 0 Å². The summed E-state index contributed by atoms with van der Waals surface area (Å²) in [5.74, 6) is 0.395. The van der Waals surface area contributed by atoms with Crippen molar-refractivity contribution in [1.82, 2.24) is 10.2 Å². The first-order chi connectivity index (χ1) is 11.2. The van der Waals surface area contributed by atoms with Gasteiger partial charge in [0.1, 0.15) is 5.01 Å². The van der Waals surface area contributed by atoms with Crippen LogP contribution in [0, 0.1) is 0 Å². The Morgan fingerprint density at radius 2 is 1.96 bits per heavy atom. The number of aromatic nitrogens is 2. The number of thiophene rings is 1. The summed E-state index contributed by atoms with van der Waals surface area (Å²) in [5, 5.41) is 12.9. The average molecular weight is 350 g/mol. The number of aryl methyl sites for hydroxylation is 2. The summed E-state index contributed by atoms with van der Waals surface area (Å²) in [4.78, 5) is 14.7. The van der Waals surface area contributed by atoms with E-state index in [9.17, 15) is 4.79 Å². The van der Waals surface area contributed by atoms with Gasteiger partial charge in [-0.05, 0) is 50.2 Å². The molecule has 23 heavy (non-hydrogen) atoms. The summed E-state index contributed by atoms with van der Waals surface area (Å²) in [7, 11) is 0. The molecule has 0 aliphatic heterocycles. The Labute approximate surface area is 145 Å². The molecule has 0 bridgehead atoms. The number of carbonyl (C=O) groups excluding carboxylic acids is 1. The highest BCUT2D eigenvalue weighted by atomic mass is 32.1. The largest absolute Gasteiger partial charge is 0.296 e. The first-order valence-electron chi connectivity index (χ1n) is 8.47. The van der Waals surface area contributed by atoms with Crippen LogP contribution in [0.3, 0.4) is 0 Å². The number of fused-ring (bicyclic) bond motifs is 1. The van der Waals surface area contributed by atoms with E-state index in [-0.39, 0.29) is 5.91 Å². The highest BCUT2D eigenvalue weighted by Crippen LogP contribution is 2.31. The van der Waals surface area contributed by atoms with Crippen molar-refractivity contribution >= 4 is 33.7 Å². The molecule has 4 nitrogen and oxygen atoms in total. The van der Waals surface area contributed by atoms with Gasteiger partial charge in [-0.3, -0.25) is 10.1 Å². The Balaban J connectivity index is 1.70. The van der Waals surface area contributed by atoms with Gasteiger partial charge >= 0.3 is 0 Å². The van der Waals surface area contributed by atoms with Gasteiger partial charge in [0.2, 0.25) is 5.13 Å². The minimum atomic E-state index is -0.0460. The normalized spacial score (nSPS) is 14.6. The fourth-order valence-corrected chi connectivity index (χ4v) is 5.18. The molecule has 2 heterocycles. The summed E-state index contributed by atoms with van der Waals surface area (Å²) >= 11 is 3.14. The second kappa shape index (κ2) is 7.53. The van der Waals surface area contributed by atoms with Crippen LogP contribution in [0.4, 0.5) is 5.13 Å². The van der Waals surface area contributed by atoms with Crippen LogP contribution in [0.15, 0.2) is 6.07 Å². The predicted octanol–water partition coefficient (Wildman–Crippen LogP) is 5.02. The van der Waals surface area contributed by atoms with Crippen LogP contribution in [0.25, 0.3) is 0 Å². The van der Waals surface area contributed by atoms with Crippen molar-refractivity contribution in [3.63, 3.8) is 0 Å². The van der Waals surface area contributed by atoms with Gasteiger partial charge in [0, 0.05) is 10.8 Å². The Hall–Kier alpha value is -1.27. The molecular formula is C17H23N3OS2. The van der Waals surface area contributed by atoms with E-state index >= 15 is 0 Å². The van der Waals surface area contributed by atoms with E-state index in [1.165, 1.54) is 41.0 Å². The first-order valence-corrected chi connectivity index (χ1v) is 10.1. The number of hydrogen-bond acceptors (Lipinski definition) is 5. The zero-order valence-corrected chi connectivity index (χ0v) is 15.4. The molecule has 2 aromatic rings. The van der Waals surface area contributed by atoms with Gasteiger partial charge < -0.3 is 0 Å². The minimum absolute atomic E-state index is 0.0460. The molecular weight excluding hydrogens is 326 g/mol. The van der Waals surface area contributed by atoms with E-state index in [0.717, 1.165) is 35.6 Å². The molecule has 6 heteroatoms. The summed E-state index contributed by atoms with van der Waals surface area (Å²) < 4.78 is 0. The molecule has 1 aliphatic carbocycles. The Morgan fingerprint density at radius 1 is 1.17 bits per heavy atom. The molecule has 0 spiro atoms. The predicted molar refractivity (Wildman–Crippen MR) is 96.8 cm³/mol. The Morgan fingerprint density at radius 3 is 2.74 bits per heavy atom. The van der Waals surface area contributed by atoms with Crippen LogP contribution in [-0.4, -0.2) is 16.1 Å². The van der Waals surface area contributed by atoms with Crippen molar-refractivity contribution < 1.29 is 4.79 Å². The minimum Gasteiger partial charge on any atom is -0.296 e. The number of nitrogens with zero attached hydrogens (tertiary/aromatic N) is 2. The molecule has 3 rings (SSSR count). The zero-order chi connectivity index (χ0) is 16.2. The standard InChI is InChI=1S/C17H23N3OS2/c1-3-11(4-2)16-19-20-17(23-16)18-15(21)14-10-12-8-6-5-7-9-13(12)22-14/h10-11H,3-9H2,1-2H3,(H,18,20,21). The van der Waals surface area contributed by atoms with Gasteiger partial charge in [0.25, 0.3) is 5.91 Å². The Kier molecular flexibility index (Phi) is 5.43. The van der Waals surface area contributed by atoms with Crippen molar-refractivity contribution in [2.45, 2.75) is 64.7 Å². The third-order valence-electron chi connectivity index (χ3n) is 4.47. The van der Waals surface area contributed by atoms with Gasteiger partial charge in [0.15, 0.2) is 0 Å². The molecule has 0 saturated carbocycles. The van der Waals surface area contributed by atoms with Crippen molar-refractivity contribution in [3.8, 4) is 0 Å². The average Bonchev–Trinajstić information content (AvgIpc) is 3.11. The maximum Gasteiger partial charge on any atom is 0.267 e. The molecule has 1 N–H and O–H groups in total. The molecule has 0 aromatic carbocycles. The topological polar surface area (TPSA) is 54.9 Å². The molecule has 0 unspecified atom stereocenters. The van der Waals surface area contributed by atoms with Crippen molar-refractivity contribution in [2.75, 3.05) is 5.32 Å². The van der Waals surface area contributed by atoms with Gasteiger partial charge in [-0.2, -0.15) is 0 Å². The van der Waals surface area contributed by atoms with Gasteiger partial charge in [-0.1, -0.05) is 31.6 Å². The molecule has 124 valence electrons. The molecule has 0 atom stereocenters. The maximum atomic E-state index is 12.5. The number of hydrogen-bond donors (Lipinski definition) is 1. The van der Waals surface area contributed by atoms with Crippen molar-refractivity contribution in [1.29, 1.82) is 0 Å². The molecule has 1 amide bonds. The van der Waals surface area contributed by atoms with E-state index in [2.05, 4.69) is 35.4 Å². The molecule has 2 aromatic heterocycles. The highest BCUT2D eigenvalue weighted by Gasteiger charge is 2.19. The lowest BCUT2D eigenvalue weighted by molar-refractivity contribution is 0.103. The van der Waals surface area contributed by atoms with Crippen LogP contribution in [0.5, 0.6) is 0 Å². The van der Waals surface area contributed by atoms with Crippen LogP contribution in [0.2, 0.25) is 0 Å². The van der Waals surface area contributed by atoms with Gasteiger partial charge in [-0.15, -0.1) is 21.5 Å². The van der Waals surface area contributed by atoms with Gasteiger partial charge in [-0.25, -0.2) is 0 Å². The second-order valence-electron chi connectivity index (χ2n) is 6.03. The van der Waals surface area contributed by atoms with E-state index < -0.39 is 0 Å². The number of carbonyl (C=O) groups is 1. The quantitative estimate of drug-likeness (QED) is 0.771. The molecule has 0 radical (unpaired) electrons. The van der Waals surface area contributed by atoms with E-state index in [4.69, 9.17) is 0 Å². The van der Waals surface area contributed by atoms with E-state index in [1.54, 1.807) is 11.3 Å². The number of anilines is 1. The fourth-order valence-electron chi connectivity index (χ4n) is 3.03. The number of amides is 1. The van der Waals surface area contributed by atoms with E-state index in [0.29, 0.717) is 11.0 Å². The molecule has 1 aliphatic rings. The highest BCUT2D eigenvalue weighted by molar-refractivity contribution is 7.16. The lowest BCUT2D eigenvalue weighted by Gasteiger charge is -2.05. The number of rotatable bonds is 5. The SMILES string of the molecule is CCC(CC)c1nnc(NC(=O)c2cc3c(s2)CCCCC3)s1. The third-order valence-corrected chi connectivity index (χ3v) is 6.70. The monoisotopic (exact) mass is 349 g/mol. The third kappa shape index (κ3) is 3.80. The zero-order valence-electron chi connectivity index (χ0n) is 13.7. The lowest BCUT2D eigenvalue weighted by Crippen LogP contribution is -2.09. The maximum absolute atomic E-state index is 12.5. The Bertz CT molecular complexity index is 650. The van der Waals surface area contributed by atoms with Crippen LogP contribution in [-0.2, 0) is 12.8 Å². The van der Waals surface area contributed by atoms with Crippen molar-refractivity contribution in [3.05, 3.63) is 26.4 Å². The lowest BCUT2D eigenvalue weighted by atomic mass is 10.1. The van der Waals surface area contributed by atoms with Gasteiger partial charge in [0.05, 0.1) is 4.88 Å². The van der Waals surface area contributed by atoms with E-state index in [1.807, 2.05) is 0 Å². The van der Waals surface area contributed by atoms with Crippen LogP contribution in [0.1, 0.15) is 77.0 Å². The second-order valence-corrected chi connectivity index (χ2v) is 8.18. The number of nitrogens with one attached hydrogen (secondary N) is 1. The summed E-state index contributed by atoms with van der Waals surface area (Å²) in [6.45, 7) is 4.32. The molecule has 0 fully saturated rings. The summed E-state index contributed by atoms with van der Waals surface area (Å²) in [6, 6.07) is 2.07. The van der Waals surface area contributed by atoms with Crippen LogP contribution < -0.4 is 5.32 Å². The molecule has 0 saturated heterocycles. The first kappa shape index (κ1) is 16.6. The summed E-state index contributed by atoms with van der Waals surface area (Å²) in [6.07, 6.45) is 8.10. The summed E-state index contributed by atoms with van der Waals surface area (Å²) in [5.41, 5.74) is 1.37.